The van der Waals surface area contributed by atoms with Crippen LogP contribution in [-0.4, -0.2) is 19.6 Å². The molecule has 6 heteroatoms. The molecule has 0 radical (unpaired) electrons. The zero-order valence-corrected chi connectivity index (χ0v) is 14.1. The number of rotatable bonds is 4. The van der Waals surface area contributed by atoms with Crippen LogP contribution in [0.15, 0.2) is 65.5 Å². The molecule has 2 atom stereocenters. The van der Waals surface area contributed by atoms with E-state index in [0.717, 1.165) is 11.5 Å². The molecule has 1 fully saturated rings. The zero-order valence-electron chi connectivity index (χ0n) is 13.3. The molecule has 0 bridgehead atoms. The number of hydrogen-bond acceptors (Lipinski definition) is 3. The van der Waals surface area contributed by atoms with Crippen molar-refractivity contribution in [2.24, 2.45) is 7.05 Å². The fourth-order valence-corrected chi connectivity index (χ4v) is 3.55. The highest BCUT2D eigenvalue weighted by atomic mass is 32.1. The monoisotopic (exact) mass is 338 g/mol. The second kappa shape index (κ2) is 6.13. The molecule has 0 amide bonds. The second-order valence-corrected chi connectivity index (χ2v) is 6.26. The van der Waals surface area contributed by atoms with Crippen LogP contribution in [-0.2, 0) is 13.6 Å². The van der Waals surface area contributed by atoms with Crippen LogP contribution in [0.25, 0.3) is 0 Å². The van der Waals surface area contributed by atoms with Crippen molar-refractivity contribution in [2.75, 3.05) is 0 Å². The molecule has 0 aliphatic carbocycles. The first kappa shape index (κ1) is 15.0. The van der Waals surface area contributed by atoms with E-state index in [9.17, 15) is 0 Å². The maximum absolute atomic E-state index is 5.62. The van der Waals surface area contributed by atoms with Gasteiger partial charge in [0.15, 0.2) is 5.11 Å². The molecule has 4 heterocycles. The summed E-state index contributed by atoms with van der Waals surface area (Å²) in [5.74, 6) is 0.889. The predicted octanol–water partition coefficient (Wildman–Crippen LogP) is 3.19. The van der Waals surface area contributed by atoms with E-state index in [0.29, 0.717) is 11.7 Å². The van der Waals surface area contributed by atoms with Crippen molar-refractivity contribution in [2.45, 2.75) is 18.6 Å². The van der Waals surface area contributed by atoms with Crippen LogP contribution in [0.1, 0.15) is 29.2 Å². The van der Waals surface area contributed by atoms with Gasteiger partial charge in [0.2, 0.25) is 0 Å². The average molecular weight is 338 g/mol. The van der Waals surface area contributed by atoms with Crippen molar-refractivity contribution in [3.8, 4) is 0 Å². The molecule has 5 nitrogen and oxygen atoms in total. The Morgan fingerprint density at radius 1 is 1.21 bits per heavy atom. The van der Waals surface area contributed by atoms with Crippen molar-refractivity contribution < 1.29 is 4.42 Å². The van der Waals surface area contributed by atoms with E-state index in [-0.39, 0.29) is 12.1 Å². The SMILES string of the molecule is Cn1cccc1[C@H]1[C@H](c2ccccn2)NC(=S)N1Cc1ccco1. The molecular formula is C18H18N4OS. The minimum absolute atomic E-state index is 0.00209. The van der Waals surface area contributed by atoms with E-state index in [1.807, 2.05) is 36.5 Å². The summed E-state index contributed by atoms with van der Waals surface area (Å²) in [5, 5.41) is 4.15. The van der Waals surface area contributed by atoms with Crippen molar-refractivity contribution in [1.29, 1.82) is 0 Å². The fourth-order valence-electron chi connectivity index (χ4n) is 3.25. The van der Waals surface area contributed by atoms with Gasteiger partial charge in [-0.3, -0.25) is 4.98 Å². The maximum Gasteiger partial charge on any atom is 0.170 e. The molecule has 4 rings (SSSR count). The summed E-state index contributed by atoms with van der Waals surface area (Å²) in [6.45, 7) is 0.623. The number of aryl methyl sites for hydroxylation is 1. The molecule has 1 aliphatic rings. The lowest BCUT2D eigenvalue weighted by Gasteiger charge is -2.27. The van der Waals surface area contributed by atoms with E-state index in [1.54, 1.807) is 6.26 Å². The van der Waals surface area contributed by atoms with E-state index < -0.39 is 0 Å². The molecule has 24 heavy (non-hydrogen) atoms. The van der Waals surface area contributed by atoms with Gasteiger partial charge < -0.3 is 19.2 Å². The van der Waals surface area contributed by atoms with Crippen molar-refractivity contribution in [1.82, 2.24) is 19.8 Å². The van der Waals surface area contributed by atoms with Gasteiger partial charge in [0.25, 0.3) is 0 Å². The van der Waals surface area contributed by atoms with E-state index >= 15 is 0 Å². The van der Waals surface area contributed by atoms with Gasteiger partial charge in [0.05, 0.1) is 30.6 Å². The Kier molecular flexibility index (Phi) is 3.82. The Balaban J connectivity index is 1.75. The lowest BCUT2D eigenvalue weighted by Crippen LogP contribution is -2.29. The lowest BCUT2D eigenvalue weighted by atomic mass is 10.0. The molecule has 1 N–H and O–H groups in total. The summed E-state index contributed by atoms with van der Waals surface area (Å²) >= 11 is 5.62. The Bertz CT molecular complexity index is 828. The van der Waals surface area contributed by atoms with Crippen LogP contribution in [0, 0.1) is 0 Å². The highest BCUT2D eigenvalue weighted by Gasteiger charge is 2.41. The smallest absolute Gasteiger partial charge is 0.170 e. The van der Waals surface area contributed by atoms with E-state index in [2.05, 4.69) is 45.1 Å². The molecule has 0 spiro atoms. The Labute approximate surface area is 145 Å². The van der Waals surface area contributed by atoms with Gasteiger partial charge in [-0.05, 0) is 48.6 Å². The number of nitrogens with zero attached hydrogens (tertiary/aromatic N) is 3. The summed E-state index contributed by atoms with van der Waals surface area (Å²) in [6, 6.07) is 14.1. The normalized spacial score (nSPS) is 20.4. The number of pyridine rings is 1. The fraction of sp³-hybridized carbons (Fsp3) is 0.222. The molecule has 3 aromatic heterocycles. The molecular weight excluding hydrogens is 320 g/mol. The lowest BCUT2D eigenvalue weighted by molar-refractivity contribution is 0.278. The first-order chi connectivity index (χ1) is 11.7. The third kappa shape index (κ3) is 2.59. The van der Waals surface area contributed by atoms with Crippen LogP contribution in [0.3, 0.4) is 0 Å². The summed E-state index contributed by atoms with van der Waals surface area (Å²) in [6.07, 6.45) is 5.56. The second-order valence-electron chi connectivity index (χ2n) is 5.88. The van der Waals surface area contributed by atoms with Crippen molar-refractivity contribution in [3.63, 3.8) is 0 Å². The predicted molar refractivity (Wildman–Crippen MR) is 95.1 cm³/mol. The summed E-state index contributed by atoms with van der Waals surface area (Å²) in [7, 11) is 2.05. The molecule has 3 aromatic rings. The van der Waals surface area contributed by atoms with Crippen LogP contribution in [0.2, 0.25) is 0 Å². The molecule has 1 aliphatic heterocycles. The molecule has 0 saturated carbocycles. The topological polar surface area (TPSA) is 46.2 Å². The summed E-state index contributed by atoms with van der Waals surface area (Å²) in [5.41, 5.74) is 2.16. The number of hydrogen-bond donors (Lipinski definition) is 1. The highest BCUT2D eigenvalue weighted by molar-refractivity contribution is 7.80. The zero-order chi connectivity index (χ0) is 16.5. The van der Waals surface area contributed by atoms with Gasteiger partial charge in [0, 0.05) is 25.1 Å². The van der Waals surface area contributed by atoms with Gasteiger partial charge in [-0.1, -0.05) is 6.07 Å². The molecule has 0 unspecified atom stereocenters. The van der Waals surface area contributed by atoms with Gasteiger partial charge in [-0.15, -0.1) is 0 Å². The average Bonchev–Trinajstić information content (AvgIpc) is 3.31. The standard InChI is InChI=1S/C18H18N4OS/c1-21-10-4-8-15(21)17-16(14-7-2-3-9-19-14)20-18(24)22(17)12-13-6-5-11-23-13/h2-11,16-17H,12H2,1H3,(H,20,24)/t16-,17-/m0/s1. The third-order valence-corrected chi connectivity index (χ3v) is 4.74. The van der Waals surface area contributed by atoms with Crippen LogP contribution in [0.5, 0.6) is 0 Å². The molecule has 1 saturated heterocycles. The van der Waals surface area contributed by atoms with E-state index in [4.69, 9.17) is 16.6 Å². The number of aromatic nitrogens is 2. The first-order valence-corrected chi connectivity index (χ1v) is 8.26. The minimum atomic E-state index is 0.00209. The Hall–Kier alpha value is -2.60. The third-order valence-electron chi connectivity index (χ3n) is 4.39. The molecule has 122 valence electrons. The number of nitrogens with one attached hydrogen (secondary N) is 1. The van der Waals surface area contributed by atoms with Crippen molar-refractivity contribution >= 4 is 17.3 Å². The van der Waals surface area contributed by atoms with Crippen LogP contribution in [0.4, 0.5) is 0 Å². The van der Waals surface area contributed by atoms with Crippen LogP contribution < -0.4 is 5.32 Å². The number of thiocarbonyl (C=S) groups is 1. The summed E-state index contributed by atoms with van der Waals surface area (Å²) < 4.78 is 7.66. The minimum Gasteiger partial charge on any atom is -0.467 e. The van der Waals surface area contributed by atoms with Crippen LogP contribution >= 0.6 is 12.2 Å². The molecule has 0 aromatic carbocycles. The number of furan rings is 1. The van der Waals surface area contributed by atoms with Gasteiger partial charge in [-0.2, -0.15) is 0 Å². The highest BCUT2D eigenvalue weighted by Crippen LogP contribution is 2.39. The maximum atomic E-state index is 5.62. The first-order valence-electron chi connectivity index (χ1n) is 7.86. The largest absolute Gasteiger partial charge is 0.467 e. The summed E-state index contributed by atoms with van der Waals surface area (Å²) in [4.78, 5) is 6.70. The van der Waals surface area contributed by atoms with E-state index in [1.165, 1.54) is 5.69 Å². The van der Waals surface area contributed by atoms with Gasteiger partial charge in [0.1, 0.15) is 5.76 Å². The quantitative estimate of drug-likeness (QED) is 0.740. The van der Waals surface area contributed by atoms with Gasteiger partial charge in [-0.25, -0.2) is 0 Å². The van der Waals surface area contributed by atoms with Crippen molar-refractivity contribution in [3.05, 3.63) is 78.3 Å². The Morgan fingerprint density at radius 3 is 2.79 bits per heavy atom. The van der Waals surface area contributed by atoms with Gasteiger partial charge >= 0.3 is 0 Å². The Morgan fingerprint density at radius 2 is 2.12 bits per heavy atom.